The number of hydrogen-bond acceptors (Lipinski definition) is 7. The fourth-order valence-electron chi connectivity index (χ4n) is 5.24. The topological polar surface area (TPSA) is 117 Å². The number of carbonyl (C=O) groups excluding carboxylic acids is 1. The van der Waals surface area contributed by atoms with E-state index in [1.165, 1.54) is 32.2 Å². The summed E-state index contributed by atoms with van der Waals surface area (Å²) in [5, 5.41) is 19.0. The van der Waals surface area contributed by atoms with E-state index in [1.54, 1.807) is 17.9 Å². The lowest BCUT2D eigenvalue weighted by Gasteiger charge is -2.31. The summed E-state index contributed by atoms with van der Waals surface area (Å²) in [5.74, 6) is -1.31. The van der Waals surface area contributed by atoms with Crippen LogP contribution >= 0.6 is 11.6 Å². The highest BCUT2D eigenvalue weighted by Gasteiger charge is 2.30. The lowest BCUT2D eigenvalue weighted by atomic mass is 10.0. The van der Waals surface area contributed by atoms with Gasteiger partial charge in [0.15, 0.2) is 0 Å². The maximum absolute atomic E-state index is 13.5. The SMILES string of the molecule is CN=C(NC)C(C(C)=N)C(=O)Nc1cn(C2CCN(CCOCc3ccccc3)CC2)nc1-c1cc(Cl)ccc1OC(F)F. The summed E-state index contributed by atoms with van der Waals surface area (Å²) in [5.41, 5.74) is 1.94. The molecule has 3 aromatic rings. The van der Waals surface area contributed by atoms with E-state index in [9.17, 15) is 13.6 Å². The summed E-state index contributed by atoms with van der Waals surface area (Å²) in [4.78, 5) is 19.9. The number of carbonyl (C=O) groups is 1. The maximum Gasteiger partial charge on any atom is 0.387 e. The van der Waals surface area contributed by atoms with Crippen molar-refractivity contribution in [2.45, 2.75) is 39.0 Å². The van der Waals surface area contributed by atoms with E-state index in [0.717, 1.165) is 38.0 Å². The second-order valence-electron chi connectivity index (χ2n) is 10.5. The van der Waals surface area contributed by atoms with Gasteiger partial charge in [-0.25, -0.2) is 0 Å². The van der Waals surface area contributed by atoms with Crippen molar-refractivity contribution >= 4 is 34.7 Å². The van der Waals surface area contributed by atoms with E-state index in [-0.39, 0.29) is 34.4 Å². The molecular formula is C31H38ClF2N7O3. The van der Waals surface area contributed by atoms with Crippen molar-refractivity contribution in [3.05, 3.63) is 65.3 Å². The first-order valence-electron chi connectivity index (χ1n) is 14.4. The summed E-state index contributed by atoms with van der Waals surface area (Å²) >= 11 is 6.26. The Kier molecular flexibility index (Phi) is 11.8. The standard InChI is InChI=1S/C31H38ClF2N7O3/c1-20(35)27(29(36-2)37-3)30(42)38-25-18-41(39-28(25)24-17-22(32)9-10-26(24)44-31(33)34)23-11-13-40(14-12-23)15-16-43-19-21-7-5-4-6-8-21/h4-10,17-18,23,27,31,35H,11-16,19H2,1-3H3,(H,36,37)(H,38,42). The van der Waals surface area contributed by atoms with Crippen LogP contribution < -0.4 is 15.4 Å². The number of alkyl halides is 2. The highest BCUT2D eigenvalue weighted by Crippen LogP contribution is 2.38. The number of benzene rings is 2. The number of ether oxygens (including phenoxy) is 2. The molecule has 4 rings (SSSR count). The van der Waals surface area contributed by atoms with Crippen molar-refractivity contribution in [2.75, 3.05) is 45.7 Å². The minimum atomic E-state index is -3.07. The van der Waals surface area contributed by atoms with Gasteiger partial charge in [0.05, 0.1) is 24.9 Å². The Morgan fingerprint density at radius 3 is 2.57 bits per heavy atom. The van der Waals surface area contributed by atoms with Crippen LogP contribution in [0, 0.1) is 11.3 Å². The number of piperidine rings is 1. The van der Waals surface area contributed by atoms with Crippen molar-refractivity contribution in [3.63, 3.8) is 0 Å². The second-order valence-corrected chi connectivity index (χ2v) is 10.9. The molecule has 236 valence electrons. The smallest absolute Gasteiger partial charge is 0.387 e. The summed E-state index contributed by atoms with van der Waals surface area (Å²) in [6, 6.07) is 14.3. The number of nitrogens with zero attached hydrogens (tertiary/aromatic N) is 4. The molecule has 0 aliphatic carbocycles. The van der Waals surface area contributed by atoms with Crippen molar-refractivity contribution in [3.8, 4) is 17.0 Å². The average Bonchev–Trinajstić information content (AvgIpc) is 3.42. The van der Waals surface area contributed by atoms with Crippen LogP contribution in [-0.4, -0.2) is 79.1 Å². The fraction of sp³-hybridized carbons (Fsp3) is 0.419. The molecule has 2 aromatic carbocycles. The van der Waals surface area contributed by atoms with Gasteiger partial charge in [0, 0.05) is 56.2 Å². The molecule has 1 aliphatic heterocycles. The number of nitrogens with one attached hydrogen (secondary N) is 3. The van der Waals surface area contributed by atoms with Crippen molar-refractivity contribution in [1.29, 1.82) is 5.41 Å². The Morgan fingerprint density at radius 1 is 1.20 bits per heavy atom. The molecule has 1 aromatic heterocycles. The Balaban J connectivity index is 1.53. The van der Waals surface area contributed by atoms with Gasteiger partial charge in [0.25, 0.3) is 0 Å². The first-order valence-corrected chi connectivity index (χ1v) is 14.8. The fourth-order valence-corrected chi connectivity index (χ4v) is 5.41. The van der Waals surface area contributed by atoms with Crippen molar-refractivity contribution in [2.24, 2.45) is 10.9 Å². The van der Waals surface area contributed by atoms with E-state index in [4.69, 9.17) is 31.6 Å². The zero-order valence-corrected chi connectivity index (χ0v) is 25.8. The van der Waals surface area contributed by atoms with Crippen LogP contribution in [0.25, 0.3) is 11.3 Å². The number of amidine groups is 1. The zero-order chi connectivity index (χ0) is 31.6. The first-order chi connectivity index (χ1) is 21.2. The number of aromatic nitrogens is 2. The molecule has 10 nitrogen and oxygen atoms in total. The van der Waals surface area contributed by atoms with Gasteiger partial charge in [-0.05, 0) is 43.5 Å². The van der Waals surface area contributed by atoms with Crippen LogP contribution in [0.4, 0.5) is 14.5 Å². The number of amides is 1. The number of halogens is 3. The lowest BCUT2D eigenvalue weighted by molar-refractivity contribution is -0.116. The molecule has 3 N–H and O–H groups in total. The first kappa shape index (κ1) is 33.0. The molecule has 0 bridgehead atoms. The van der Waals surface area contributed by atoms with Gasteiger partial charge in [-0.2, -0.15) is 13.9 Å². The summed E-state index contributed by atoms with van der Waals surface area (Å²) in [6.07, 6.45) is 3.28. The molecule has 1 atom stereocenters. The monoisotopic (exact) mass is 629 g/mol. The Labute approximate surface area is 260 Å². The zero-order valence-electron chi connectivity index (χ0n) is 25.0. The van der Waals surface area contributed by atoms with Crippen LogP contribution in [0.15, 0.2) is 59.7 Å². The normalized spacial score (nSPS) is 15.3. The van der Waals surface area contributed by atoms with Gasteiger partial charge in [-0.1, -0.05) is 41.9 Å². The van der Waals surface area contributed by atoms with Gasteiger partial charge in [-0.15, -0.1) is 0 Å². The molecule has 1 amide bonds. The van der Waals surface area contributed by atoms with E-state index >= 15 is 0 Å². The number of rotatable bonds is 13. The molecule has 13 heteroatoms. The van der Waals surface area contributed by atoms with Gasteiger partial charge < -0.3 is 30.4 Å². The minimum Gasteiger partial charge on any atom is -0.434 e. The Hall–Kier alpha value is -3.87. The Bertz CT molecular complexity index is 1440. The maximum atomic E-state index is 13.5. The lowest BCUT2D eigenvalue weighted by Crippen LogP contribution is -2.40. The number of likely N-dealkylation sites (tertiary alicyclic amines) is 1. The Morgan fingerprint density at radius 2 is 1.93 bits per heavy atom. The van der Waals surface area contributed by atoms with Crippen molar-refractivity contribution < 1.29 is 23.0 Å². The van der Waals surface area contributed by atoms with Gasteiger partial charge >= 0.3 is 6.61 Å². The van der Waals surface area contributed by atoms with E-state index in [0.29, 0.717) is 24.1 Å². The third-order valence-corrected chi connectivity index (χ3v) is 7.70. The van der Waals surface area contributed by atoms with E-state index in [2.05, 4.69) is 20.5 Å². The molecule has 1 unspecified atom stereocenters. The third-order valence-electron chi connectivity index (χ3n) is 7.46. The molecule has 1 saturated heterocycles. The van der Waals surface area contributed by atoms with Crippen LogP contribution in [0.5, 0.6) is 5.75 Å². The van der Waals surface area contributed by atoms with Crippen LogP contribution in [0.1, 0.15) is 31.4 Å². The summed E-state index contributed by atoms with van der Waals surface area (Å²) in [7, 11) is 3.15. The van der Waals surface area contributed by atoms with Gasteiger partial charge in [0.1, 0.15) is 23.2 Å². The van der Waals surface area contributed by atoms with Crippen molar-refractivity contribution in [1.82, 2.24) is 20.0 Å². The molecule has 2 heterocycles. The van der Waals surface area contributed by atoms with E-state index < -0.39 is 18.4 Å². The van der Waals surface area contributed by atoms with Crippen LogP contribution in [0.3, 0.4) is 0 Å². The molecule has 1 aliphatic rings. The number of hydrogen-bond donors (Lipinski definition) is 3. The van der Waals surface area contributed by atoms with Gasteiger partial charge in [0.2, 0.25) is 5.91 Å². The van der Waals surface area contributed by atoms with Crippen LogP contribution in [-0.2, 0) is 16.1 Å². The average molecular weight is 630 g/mol. The molecule has 44 heavy (non-hydrogen) atoms. The quantitative estimate of drug-likeness (QED) is 0.131. The number of aliphatic imine (C=N–C) groups is 1. The van der Waals surface area contributed by atoms with Gasteiger partial charge in [-0.3, -0.25) is 14.5 Å². The van der Waals surface area contributed by atoms with Crippen LogP contribution in [0.2, 0.25) is 5.02 Å². The highest BCUT2D eigenvalue weighted by atomic mass is 35.5. The summed E-state index contributed by atoms with van der Waals surface area (Å²) in [6.45, 7) is 2.08. The largest absolute Gasteiger partial charge is 0.434 e. The molecule has 0 saturated carbocycles. The predicted molar refractivity (Wildman–Crippen MR) is 168 cm³/mol. The highest BCUT2D eigenvalue weighted by molar-refractivity contribution is 6.31. The molecule has 0 spiro atoms. The summed E-state index contributed by atoms with van der Waals surface area (Å²) < 4.78 is 39.0. The predicted octanol–water partition coefficient (Wildman–Crippen LogP) is 5.50. The molecular weight excluding hydrogens is 592 g/mol. The van der Waals surface area contributed by atoms with E-state index in [1.807, 2.05) is 30.3 Å². The minimum absolute atomic E-state index is 0.00452. The molecule has 0 radical (unpaired) electrons. The number of anilines is 1. The third kappa shape index (κ3) is 8.61. The molecule has 1 fully saturated rings. The second kappa shape index (κ2) is 15.7.